The first-order valence-electron chi connectivity index (χ1n) is 7.24. The standard InChI is InChI=1S/C17H15FN2O2S/c1-9(2)12-8-23-17-15(12)16(22)19-14(20-17)7-13(21)10-4-3-5-11(18)6-10/h3-6,8-9H,7H2,1-2H3,(H,19,20,22). The topological polar surface area (TPSA) is 62.8 Å². The SMILES string of the molecule is CC(C)c1csc2nc(CC(=O)c3cccc(F)c3)[nH]c(=O)c12. The molecule has 3 aromatic rings. The van der Waals surface area contributed by atoms with Crippen LogP contribution in [0.4, 0.5) is 4.39 Å². The summed E-state index contributed by atoms with van der Waals surface area (Å²) < 4.78 is 13.2. The Morgan fingerprint density at radius 3 is 2.87 bits per heavy atom. The number of aromatic nitrogens is 2. The minimum absolute atomic E-state index is 0.0659. The number of Topliss-reactive ketones (excluding diaryl/α,β-unsaturated/α-hetero) is 1. The third-order valence-corrected chi connectivity index (χ3v) is 4.51. The van der Waals surface area contributed by atoms with Crippen LogP contribution in [0.2, 0.25) is 0 Å². The maximum atomic E-state index is 13.2. The van der Waals surface area contributed by atoms with Crippen LogP contribution in [0.3, 0.4) is 0 Å². The Labute approximate surface area is 136 Å². The van der Waals surface area contributed by atoms with Crippen LogP contribution < -0.4 is 5.56 Å². The highest BCUT2D eigenvalue weighted by Gasteiger charge is 2.15. The van der Waals surface area contributed by atoms with Gasteiger partial charge in [0.15, 0.2) is 5.78 Å². The molecule has 23 heavy (non-hydrogen) atoms. The molecule has 0 fully saturated rings. The highest BCUT2D eigenvalue weighted by Crippen LogP contribution is 2.27. The Morgan fingerprint density at radius 2 is 2.17 bits per heavy atom. The number of aromatic amines is 1. The van der Waals surface area contributed by atoms with Gasteiger partial charge in [0.25, 0.3) is 5.56 Å². The summed E-state index contributed by atoms with van der Waals surface area (Å²) in [4.78, 5) is 32.2. The van der Waals surface area contributed by atoms with E-state index in [1.165, 1.54) is 29.5 Å². The number of fused-ring (bicyclic) bond motifs is 1. The summed E-state index contributed by atoms with van der Waals surface area (Å²) in [7, 11) is 0. The molecule has 0 unspecified atom stereocenters. The van der Waals surface area contributed by atoms with Crippen molar-refractivity contribution >= 4 is 27.3 Å². The summed E-state index contributed by atoms with van der Waals surface area (Å²) in [6.07, 6.45) is -0.0659. The fraction of sp³-hybridized carbons (Fsp3) is 0.235. The lowest BCUT2D eigenvalue weighted by Crippen LogP contribution is -2.15. The first kappa shape index (κ1) is 15.6. The van der Waals surface area contributed by atoms with Crippen molar-refractivity contribution in [3.8, 4) is 0 Å². The van der Waals surface area contributed by atoms with Gasteiger partial charge in [-0.05, 0) is 29.0 Å². The fourth-order valence-corrected chi connectivity index (χ4v) is 3.56. The van der Waals surface area contributed by atoms with Crippen molar-refractivity contribution in [3.05, 3.63) is 62.8 Å². The fourth-order valence-electron chi connectivity index (χ4n) is 2.44. The Hall–Kier alpha value is -2.34. The van der Waals surface area contributed by atoms with E-state index in [4.69, 9.17) is 0 Å². The molecule has 0 spiro atoms. The molecule has 3 rings (SSSR count). The summed E-state index contributed by atoms with van der Waals surface area (Å²) >= 11 is 1.39. The van der Waals surface area contributed by atoms with Crippen LogP contribution in [0.5, 0.6) is 0 Å². The second kappa shape index (κ2) is 6.04. The van der Waals surface area contributed by atoms with Gasteiger partial charge in [0, 0.05) is 5.56 Å². The van der Waals surface area contributed by atoms with E-state index in [1.807, 2.05) is 19.2 Å². The molecule has 4 nitrogen and oxygen atoms in total. The lowest BCUT2D eigenvalue weighted by Gasteiger charge is -2.04. The number of hydrogen-bond donors (Lipinski definition) is 1. The van der Waals surface area contributed by atoms with E-state index in [9.17, 15) is 14.0 Å². The number of nitrogens with zero attached hydrogens (tertiary/aromatic N) is 1. The van der Waals surface area contributed by atoms with Crippen molar-refractivity contribution in [3.63, 3.8) is 0 Å². The molecule has 118 valence electrons. The van der Waals surface area contributed by atoms with Crippen LogP contribution in [-0.4, -0.2) is 15.8 Å². The normalized spacial score (nSPS) is 11.3. The summed E-state index contributed by atoms with van der Waals surface area (Å²) in [5, 5.41) is 2.52. The number of hydrogen-bond acceptors (Lipinski definition) is 4. The van der Waals surface area contributed by atoms with Gasteiger partial charge in [-0.15, -0.1) is 11.3 Å². The Bertz CT molecular complexity index is 943. The number of H-pyrrole nitrogens is 1. The van der Waals surface area contributed by atoms with Crippen molar-refractivity contribution in [2.75, 3.05) is 0 Å². The van der Waals surface area contributed by atoms with Crippen LogP contribution in [0, 0.1) is 5.82 Å². The highest BCUT2D eigenvalue weighted by molar-refractivity contribution is 7.16. The molecule has 0 saturated heterocycles. The van der Waals surface area contributed by atoms with Gasteiger partial charge < -0.3 is 4.98 Å². The number of rotatable bonds is 4. The van der Waals surface area contributed by atoms with Gasteiger partial charge >= 0.3 is 0 Å². The Kier molecular flexibility index (Phi) is 4.09. The molecule has 2 heterocycles. The number of ketones is 1. The first-order chi connectivity index (χ1) is 11.0. The number of thiophene rings is 1. The molecule has 0 aliphatic rings. The minimum Gasteiger partial charge on any atom is -0.310 e. The molecular formula is C17H15FN2O2S. The molecule has 2 aromatic heterocycles. The van der Waals surface area contributed by atoms with Crippen molar-refractivity contribution < 1.29 is 9.18 Å². The van der Waals surface area contributed by atoms with Gasteiger partial charge in [-0.1, -0.05) is 26.0 Å². The molecule has 1 aromatic carbocycles. The van der Waals surface area contributed by atoms with Crippen LogP contribution >= 0.6 is 11.3 Å². The molecule has 0 atom stereocenters. The number of carbonyl (C=O) groups is 1. The smallest absolute Gasteiger partial charge is 0.259 e. The van der Waals surface area contributed by atoms with Gasteiger partial charge in [0.2, 0.25) is 0 Å². The molecule has 0 bridgehead atoms. The van der Waals surface area contributed by atoms with Gasteiger partial charge in [-0.25, -0.2) is 9.37 Å². The third kappa shape index (κ3) is 3.07. The Balaban J connectivity index is 1.95. The lowest BCUT2D eigenvalue weighted by molar-refractivity contribution is 0.0990. The first-order valence-corrected chi connectivity index (χ1v) is 8.12. The predicted octanol–water partition coefficient (Wildman–Crippen LogP) is 3.67. The predicted molar refractivity (Wildman–Crippen MR) is 88.8 cm³/mol. The van der Waals surface area contributed by atoms with E-state index in [0.29, 0.717) is 16.0 Å². The van der Waals surface area contributed by atoms with Crippen molar-refractivity contribution in [2.45, 2.75) is 26.2 Å². The van der Waals surface area contributed by atoms with Gasteiger partial charge in [0.1, 0.15) is 16.5 Å². The molecule has 0 amide bonds. The summed E-state index contributed by atoms with van der Waals surface area (Å²) in [5.41, 5.74) is 0.991. The lowest BCUT2D eigenvalue weighted by atomic mass is 10.0. The third-order valence-electron chi connectivity index (χ3n) is 3.62. The second-order valence-electron chi connectivity index (χ2n) is 5.65. The van der Waals surface area contributed by atoms with E-state index in [1.54, 1.807) is 6.07 Å². The summed E-state index contributed by atoms with van der Waals surface area (Å²) in [6.45, 7) is 4.03. The molecule has 0 aliphatic carbocycles. The largest absolute Gasteiger partial charge is 0.310 e. The zero-order valence-electron chi connectivity index (χ0n) is 12.7. The monoisotopic (exact) mass is 330 g/mol. The quantitative estimate of drug-likeness (QED) is 0.742. The Morgan fingerprint density at radius 1 is 1.39 bits per heavy atom. The van der Waals surface area contributed by atoms with Crippen LogP contribution in [0.25, 0.3) is 10.2 Å². The van der Waals surface area contributed by atoms with E-state index >= 15 is 0 Å². The average molecular weight is 330 g/mol. The maximum absolute atomic E-state index is 13.2. The summed E-state index contributed by atoms with van der Waals surface area (Å²) in [6, 6.07) is 5.49. The van der Waals surface area contributed by atoms with E-state index in [0.717, 1.165) is 5.56 Å². The van der Waals surface area contributed by atoms with Crippen molar-refractivity contribution in [1.29, 1.82) is 0 Å². The maximum Gasteiger partial charge on any atom is 0.259 e. The number of carbonyl (C=O) groups excluding carboxylic acids is 1. The highest BCUT2D eigenvalue weighted by atomic mass is 32.1. The van der Waals surface area contributed by atoms with Gasteiger partial charge in [0.05, 0.1) is 11.8 Å². The van der Waals surface area contributed by atoms with Crippen molar-refractivity contribution in [1.82, 2.24) is 9.97 Å². The number of nitrogens with one attached hydrogen (secondary N) is 1. The van der Waals surface area contributed by atoms with Crippen LogP contribution in [0.15, 0.2) is 34.4 Å². The average Bonchev–Trinajstić information content (AvgIpc) is 2.92. The molecule has 1 N–H and O–H groups in total. The minimum atomic E-state index is -0.465. The molecule has 0 aliphatic heterocycles. The van der Waals surface area contributed by atoms with Gasteiger partial charge in [-0.3, -0.25) is 9.59 Å². The number of benzene rings is 1. The molecule has 0 radical (unpaired) electrons. The summed E-state index contributed by atoms with van der Waals surface area (Å²) in [5.74, 6) is -0.222. The van der Waals surface area contributed by atoms with E-state index in [2.05, 4.69) is 9.97 Å². The van der Waals surface area contributed by atoms with Crippen LogP contribution in [-0.2, 0) is 6.42 Å². The van der Waals surface area contributed by atoms with Gasteiger partial charge in [-0.2, -0.15) is 0 Å². The van der Waals surface area contributed by atoms with Crippen LogP contribution in [0.1, 0.15) is 41.5 Å². The zero-order valence-corrected chi connectivity index (χ0v) is 13.5. The van der Waals surface area contributed by atoms with E-state index in [-0.39, 0.29) is 29.2 Å². The molecule has 0 saturated carbocycles. The zero-order chi connectivity index (χ0) is 16.6. The number of halogens is 1. The van der Waals surface area contributed by atoms with Crippen molar-refractivity contribution in [2.24, 2.45) is 0 Å². The molecule has 6 heteroatoms. The van der Waals surface area contributed by atoms with E-state index < -0.39 is 5.82 Å². The second-order valence-corrected chi connectivity index (χ2v) is 6.51. The molecular weight excluding hydrogens is 315 g/mol.